The molecule has 0 aromatic carbocycles. The molecule has 0 aliphatic carbocycles. The van der Waals surface area contributed by atoms with Gasteiger partial charge in [0.15, 0.2) is 5.82 Å². The first-order valence-corrected chi connectivity index (χ1v) is 7.08. The SMILES string of the molecule is CC[C@@H](C(=O)Nc1cc(C)on1)N1CCC(C)CC1. The van der Waals surface area contributed by atoms with Gasteiger partial charge in [0.05, 0.1) is 6.04 Å². The van der Waals surface area contributed by atoms with Gasteiger partial charge in [0, 0.05) is 6.07 Å². The van der Waals surface area contributed by atoms with Crippen LogP contribution in [0.1, 0.15) is 38.9 Å². The quantitative estimate of drug-likeness (QED) is 0.908. The molecular formula is C14H23N3O2. The second-order valence-electron chi connectivity index (χ2n) is 5.45. The average molecular weight is 265 g/mol. The Bertz CT molecular complexity index is 422. The lowest BCUT2D eigenvalue weighted by Gasteiger charge is -2.35. The molecule has 1 saturated heterocycles. The van der Waals surface area contributed by atoms with Crippen molar-refractivity contribution in [2.75, 3.05) is 18.4 Å². The van der Waals surface area contributed by atoms with Crippen LogP contribution in [0.2, 0.25) is 0 Å². The molecule has 0 unspecified atom stereocenters. The standard InChI is InChI=1S/C14H23N3O2/c1-4-12(17-7-5-10(2)6-8-17)14(18)15-13-9-11(3)19-16-13/h9-10,12H,4-8H2,1-3H3,(H,15,16,18)/t12-/m0/s1. The summed E-state index contributed by atoms with van der Waals surface area (Å²) in [4.78, 5) is 14.6. The minimum atomic E-state index is -0.0653. The normalized spacial score (nSPS) is 19.3. The molecule has 1 atom stereocenters. The molecule has 5 heteroatoms. The van der Waals surface area contributed by atoms with Crippen molar-refractivity contribution < 1.29 is 9.32 Å². The molecule has 0 spiro atoms. The van der Waals surface area contributed by atoms with Crippen LogP contribution in [0.4, 0.5) is 5.82 Å². The van der Waals surface area contributed by atoms with Crippen LogP contribution >= 0.6 is 0 Å². The first-order chi connectivity index (χ1) is 9.10. The lowest BCUT2D eigenvalue weighted by atomic mass is 9.97. The summed E-state index contributed by atoms with van der Waals surface area (Å²) in [6.07, 6.45) is 3.16. The van der Waals surface area contributed by atoms with Crippen LogP contribution in [0.15, 0.2) is 10.6 Å². The summed E-state index contributed by atoms with van der Waals surface area (Å²) in [5.74, 6) is 2.00. The zero-order chi connectivity index (χ0) is 13.8. The number of hydrogen-bond acceptors (Lipinski definition) is 4. The van der Waals surface area contributed by atoms with E-state index in [-0.39, 0.29) is 11.9 Å². The number of likely N-dealkylation sites (tertiary alicyclic amines) is 1. The highest BCUT2D eigenvalue weighted by molar-refractivity contribution is 5.93. The molecule has 5 nitrogen and oxygen atoms in total. The summed E-state index contributed by atoms with van der Waals surface area (Å²) in [5.41, 5.74) is 0. The number of rotatable bonds is 4. The number of aromatic nitrogens is 1. The number of aryl methyl sites for hydroxylation is 1. The number of carbonyl (C=O) groups is 1. The molecule has 0 bridgehead atoms. The third kappa shape index (κ3) is 3.56. The Morgan fingerprint density at radius 3 is 2.79 bits per heavy atom. The monoisotopic (exact) mass is 265 g/mol. The van der Waals surface area contributed by atoms with Crippen LogP contribution in [0.25, 0.3) is 0 Å². The lowest BCUT2D eigenvalue weighted by molar-refractivity contribution is -0.122. The molecule has 0 radical (unpaired) electrons. The molecule has 1 aliphatic heterocycles. The molecule has 1 aromatic heterocycles. The first-order valence-electron chi connectivity index (χ1n) is 7.08. The fourth-order valence-electron chi connectivity index (χ4n) is 2.58. The van der Waals surface area contributed by atoms with E-state index in [1.54, 1.807) is 6.07 Å². The first kappa shape index (κ1) is 14.1. The Balaban J connectivity index is 1.95. The van der Waals surface area contributed by atoms with Gasteiger partial charge in [0.1, 0.15) is 5.76 Å². The molecule has 106 valence electrons. The highest BCUT2D eigenvalue weighted by Gasteiger charge is 2.27. The molecule has 2 rings (SSSR count). The van der Waals surface area contributed by atoms with Crippen molar-refractivity contribution in [3.05, 3.63) is 11.8 Å². The van der Waals surface area contributed by atoms with Crippen LogP contribution in [-0.2, 0) is 4.79 Å². The summed E-state index contributed by atoms with van der Waals surface area (Å²) in [6, 6.07) is 1.67. The molecule has 1 aromatic rings. The van der Waals surface area contributed by atoms with E-state index in [0.29, 0.717) is 11.6 Å². The van der Waals surface area contributed by atoms with Gasteiger partial charge < -0.3 is 9.84 Å². The summed E-state index contributed by atoms with van der Waals surface area (Å²) >= 11 is 0. The van der Waals surface area contributed by atoms with Crippen molar-refractivity contribution in [3.63, 3.8) is 0 Å². The van der Waals surface area contributed by atoms with E-state index < -0.39 is 0 Å². The van der Waals surface area contributed by atoms with Gasteiger partial charge in [-0.3, -0.25) is 9.69 Å². The minimum Gasteiger partial charge on any atom is -0.360 e. The van der Waals surface area contributed by atoms with Gasteiger partial charge >= 0.3 is 0 Å². The third-order valence-corrected chi connectivity index (χ3v) is 3.83. The smallest absolute Gasteiger partial charge is 0.242 e. The Hall–Kier alpha value is -1.36. The Morgan fingerprint density at radius 2 is 2.26 bits per heavy atom. The van der Waals surface area contributed by atoms with Gasteiger partial charge in [-0.05, 0) is 45.2 Å². The van der Waals surface area contributed by atoms with Crippen molar-refractivity contribution >= 4 is 11.7 Å². The molecule has 1 aliphatic rings. The Morgan fingerprint density at radius 1 is 1.58 bits per heavy atom. The molecule has 19 heavy (non-hydrogen) atoms. The van der Waals surface area contributed by atoms with Crippen molar-refractivity contribution in [2.24, 2.45) is 5.92 Å². The number of anilines is 1. The summed E-state index contributed by atoms with van der Waals surface area (Å²) in [7, 11) is 0. The van der Waals surface area contributed by atoms with Gasteiger partial charge in [-0.1, -0.05) is 19.0 Å². The fourth-order valence-corrected chi connectivity index (χ4v) is 2.58. The number of hydrogen-bond donors (Lipinski definition) is 1. The maximum absolute atomic E-state index is 12.3. The maximum atomic E-state index is 12.3. The average Bonchev–Trinajstić information content (AvgIpc) is 2.78. The van der Waals surface area contributed by atoms with Gasteiger partial charge in [-0.15, -0.1) is 0 Å². The van der Waals surface area contributed by atoms with Crippen molar-refractivity contribution in [1.29, 1.82) is 0 Å². The molecule has 1 fully saturated rings. The summed E-state index contributed by atoms with van der Waals surface area (Å²) in [5, 5.41) is 6.64. The number of piperidine rings is 1. The summed E-state index contributed by atoms with van der Waals surface area (Å²) in [6.45, 7) is 8.15. The van der Waals surface area contributed by atoms with Crippen molar-refractivity contribution in [2.45, 2.75) is 46.1 Å². The van der Waals surface area contributed by atoms with E-state index in [1.807, 2.05) is 6.92 Å². The summed E-state index contributed by atoms with van der Waals surface area (Å²) < 4.78 is 4.96. The van der Waals surface area contributed by atoms with E-state index in [1.165, 1.54) is 12.8 Å². The van der Waals surface area contributed by atoms with E-state index in [2.05, 4.69) is 29.2 Å². The maximum Gasteiger partial charge on any atom is 0.242 e. The number of amides is 1. The number of nitrogens with zero attached hydrogens (tertiary/aromatic N) is 2. The van der Waals surface area contributed by atoms with Crippen molar-refractivity contribution in [1.82, 2.24) is 10.1 Å². The molecule has 2 heterocycles. The minimum absolute atomic E-state index is 0.0188. The number of nitrogens with one attached hydrogen (secondary N) is 1. The van der Waals surface area contributed by atoms with Crippen LogP contribution < -0.4 is 5.32 Å². The van der Waals surface area contributed by atoms with Crippen LogP contribution in [0.3, 0.4) is 0 Å². The van der Waals surface area contributed by atoms with E-state index in [9.17, 15) is 4.79 Å². The van der Waals surface area contributed by atoms with Gasteiger partial charge in [0.25, 0.3) is 0 Å². The van der Waals surface area contributed by atoms with Crippen molar-refractivity contribution in [3.8, 4) is 0 Å². The molecule has 1 N–H and O–H groups in total. The van der Waals surface area contributed by atoms with Gasteiger partial charge in [-0.2, -0.15) is 0 Å². The molecule has 0 saturated carbocycles. The highest BCUT2D eigenvalue weighted by atomic mass is 16.5. The second kappa shape index (κ2) is 6.19. The van der Waals surface area contributed by atoms with Gasteiger partial charge in [-0.25, -0.2) is 0 Å². The predicted molar refractivity (Wildman–Crippen MR) is 73.9 cm³/mol. The molecular weight excluding hydrogens is 242 g/mol. The third-order valence-electron chi connectivity index (χ3n) is 3.83. The zero-order valence-electron chi connectivity index (χ0n) is 12.0. The van der Waals surface area contributed by atoms with E-state index in [4.69, 9.17) is 4.52 Å². The Kier molecular flexibility index (Phi) is 4.58. The Labute approximate surface area is 114 Å². The van der Waals surface area contributed by atoms with Crippen LogP contribution in [0.5, 0.6) is 0 Å². The number of carbonyl (C=O) groups excluding carboxylic acids is 1. The van der Waals surface area contributed by atoms with E-state index in [0.717, 1.165) is 25.4 Å². The second-order valence-corrected chi connectivity index (χ2v) is 5.45. The topological polar surface area (TPSA) is 58.4 Å². The van der Waals surface area contributed by atoms with Crippen LogP contribution in [-0.4, -0.2) is 35.1 Å². The zero-order valence-corrected chi connectivity index (χ0v) is 12.0. The fraction of sp³-hybridized carbons (Fsp3) is 0.714. The van der Waals surface area contributed by atoms with Gasteiger partial charge in [0.2, 0.25) is 5.91 Å². The van der Waals surface area contributed by atoms with Crippen LogP contribution in [0, 0.1) is 12.8 Å². The molecule has 1 amide bonds. The lowest BCUT2D eigenvalue weighted by Crippen LogP contribution is -2.47. The highest BCUT2D eigenvalue weighted by Crippen LogP contribution is 2.20. The predicted octanol–water partition coefficient (Wildman–Crippen LogP) is 2.43. The van der Waals surface area contributed by atoms with E-state index >= 15 is 0 Å². The largest absolute Gasteiger partial charge is 0.360 e.